The van der Waals surface area contributed by atoms with Crippen LogP contribution in [-0.4, -0.2) is 79.7 Å². The molecule has 1 aliphatic carbocycles. The zero-order valence-corrected chi connectivity index (χ0v) is 24.8. The lowest BCUT2D eigenvalue weighted by molar-refractivity contribution is 0.0126. The lowest BCUT2D eigenvalue weighted by Crippen LogP contribution is -2.76. The van der Waals surface area contributed by atoms with Gasteiger partial charge in [0, 0.05) is 48.8 Å². The van der Waals surface area contributed by atoms with Crippen LogP contribution >= 0.6 is 0 Å². The summed E-state index contributed by atoms with van der Waals surface area (Å²) in [7, 11) is 0.466. The Hall–Kier alpha value is 0.331. The maximum absolute atomic E-state index is 7.08. The average molecular weight is 525 g/mol. The van der Waals surface area contributed by atoms with Crippen LogP contribution in [0.15, 0.2) is 0 Å². The molecule has 0 radical (unpaired) electrons. The van der Waals surface area contributed by atoms with E-state index in [1.54, 1.807) is 42.7 Å². The highest BCUT2D eigenvalue weighted by molar-refractivity contribution is 7.29. The Balaban J connectivity index is 2.34. The van der Waals surface area contributed by atoms with E-state index in [0.29, 0.717) is 0 Å². The summed E-state index contributed by atoms with van der Waals surface area (Å²) in [5.74, 6) is 0. The van der Waals surface area contributed by atoms with Gasteiger partial charge in [-0.25, -0.2) is 0 Å². The molecule has 1 aliphatic heterocycles. The second kappa shape index (κ2) is 14.8. The van der Waals surface area contributed by atoms with Crippen LogP contribution in [0.4, 0.5) is 0 Å². The molecule has 0 N–H and O–H groups in total. The highest BCUT2D eigenvalue weighted by atomic mass is 29.3. The van der Waals surface area contributed by atoms with Crippen LogP contribution in [0.1, 0.15) is 83.5 Å². The van der Waals surface area contributed by atoms with Crippen LogP contribution in [0.5, 0.6) is 0 Å². The van der Waals surface area contributed by atoms with Crippen LogP contribution < -0.4 is 0 Å². The van der Waals surface area contributed by atoms with Gasteiger partial charge in [0.2, 0.25) is 0 Å². The third kappa shape index (κ3) is 7.19. The fourth-order valence-corrected chi connectivity index (χ4v) is 19.1. The zero-order valence-electron chi connectivity index (χ0n) is 21.8. The van der Waals surface area contributed by atoms with Crippen LogP contribution in [0.2, 0.25) is 6.04 Å². The predicted octanol–water partition coefficient (Wildman–Crippen LogP) is 4.67. The molecule has 11 heteroatoms. The van der Waals surface area contributed by atoms with Crippen molar-refractivity contribution >= 4 is 25.2 Å². The van der Waals surface area contributed by atoms with E-state index in [2.05, 4.69) is 0 Å². The second-order valence-electron chi connectivity index (χ2n) is 9.14. The van der Waals surface area contributed by atoms with Gasteiger partial charge in [0.05, 0.1) is 0 Å². The summed E-state index contributed by atoms with van der Waals surface area (Å²) in [6.07, 6.45) is 15.4. The van der Waals surface area contributed by atoms with Crippen molar-refractivity contribution in [2.75, 3.05) is 42.7 Å². The largest absolute Gasteiger partial charge is 0.538 e. The molecule has 0 aromatic carbocycles. The summed E-state index contributed by atoms with van der Waals surface area (Å²) < 4.78 is 49.4. The Labute approximate surface area is 204 Å². The smallest absolute Gasteiger partial charge is 0.388 e. The minimum Gasteiger partial charge on any atom is -0.388 e. The van der Waals surface area contributed by atoms with Crippen molar-refractivity contribution in [3.8, 4) is 0 Å². The Morgan fingerprint density at radius 2 is 1.03 bits per heavy atom. The lowest BCUT2D eigenvalue weighted by Gasteiger charge is -2.48. The first-order chi connectivity index (χ1) is 16.0. The van der Waals surface area contributed by atoms with Gasteiger partial charge < -0.3 is 35.4 Å². The third-order valence-electron chi connectivity index (χ3n) is 7.23. The van der Waals surface area contributed by atoms with Crippen LogP contribution in [0, 0.1) is 0 Å². The van der Waals surface area contributed by atoms with Gasteiger partial charge in [-0.2, -0.15) is 0 Å². The van der Waals surface area contributed by atoms with E-state index in [4.69, 9.17) is 35.4 Å². The number of rotatable bonds is 10. The molecule has 0 bridgehead atoms. The number of hydrogen-bond acceptors (Lipinski definition) is 8. The molecule has 33 heavy (non-hydrogen) atoms. The average Bonchev–Trinajstić information content (AvgIpc) is 2.84. The molecule has 2 atom stereocenters. The van der Waals surface area contributed by atoms with Gasteiger partial charge in [0.15, 0.2) is 0 Å². The fourth-order valence-electron chi connectivity index (χ4n) is 5.37. The standard InChI is InChI=1S/C22H48O8Si3/c1-23-32(24-2,25-3)22-19-16-20-31(30-22,33(26-4,27-5)28-6)29-21-17-14-12-10-8-7-9-11-13-15-18-21/h21-22H,7-20H2,1-6H3. The molecule has 1 heterocycles. The molecule has 0 spiro atoms. The molecular weight excluding hydrogens is 476 g/mol. The summed E-state index contributed by atoms with van der Waals surface area (Å²) in [5.41, 5.74) is -0.337. The van der Waals surface area contributed by atoms with E-state index in [1.807, 2.05) is 0 Å². The second-order valence-corrected chi connectivity index (χ2v) is 21.1. The molecule has 0 aromatic heterocycles. The third-order valence-corrected chi connectivity index (χ3v) is 21.4. The summed E-state index contributed by atoms with van der Waals surface area (Å²) in [5, 5.41) is 0. The van der Waals surface area contributed by atoms with E-state index < -0.39 is 25.2 Å². The van der Waals surface area contributed by atoms with Gasteiger partial charge in [-0.1, -0.05) is 57.8 Å². The van der Waals surface area contributed by atoms with Crippen molar-refractivity contribution in [2.45, 2.75) is 101 Å². The molecule has 1 saturated heterocycles. The predicted molar refractivity (Wildman–Crippen MR) is 134 cm³/mol. The van der Waals surface area contributed by atoms with Crippen molar-refractivity contribution in [3.05, 3.63) is 0 Å². The van der Waals surface area contributed by atoms with Gasteiger partial charge in [-0.3, -0.25) is 0 Å². The van der Waals surface area contributed by atoms with E-state index in [0.717, 1.165) is 31.7 Å². The molecule has 2 unspecified atom stereocenters. The van der Waals surface area contributed by atoms with Crippen molar-refractivity contribution in [2.24, 2.45) is 0 Å². The van der Waals surface area contributed by atoms with E-state index in [-0.39, 0.29) is 11.8 Å². The van der Waals surface area contributed by atoms with Gasteiger partial charge in [-0.05, 0) is 31.7 Å². The van der Waals surface area contributed by atoms with Crippen LogP contribution in [-0.2, 0) is 35.4 Å². The number of hydrogen-bond donors (Lipinski definition) is 0. The van der Waals surface area contributed by atoms with E-state index >= 15 is 0 Å². The SMILES string of the molecule is CO[Si](OC)(OC)C1CCC[Si](OC2CCCCCCCCCCC2)([Si](OC)(OC)OC)O1. The minimum atomic E-state index is -3.23. The summed E-state index contributed by atoms with van der Waals surface area (Å²) in [6, 6.07) is 0.767. The normalized spacial score (nSPS) is 27.6. The lowest BCUT2D eigenvalue weighted by atomic mass is 10.00. The van der Waals surface area contributed by atoms with Crippen molar-refractivity contribution in [1.82, 2.24) is 0 Å². The van der Waals surface area contributed by atoms with Gasteiger partial charge in [-0.15, -0.1) is 0 Å². The molecule has 1 saturated carbocycles. The molecule has 0 amide bonds. The quantitative estimate of drug-likeness (QED) is 0.382. The van der Waals surface area contributed by atoms with E-state index in [1.165, 1.54) is 57.8 Å². The summed E-state index contributed by atoms with van der Waals surface area (Å²) in [4.78, 5) is 0. The van der Waals surface area contributed by atoms with Gasteiger partial charge in [0.25, 0.3) is 0 Å². The fraction of sp³-hybridized carbons (Fsp3) is 1.00. The first kappa shape index (κ1) is 29.6. The van der Waals surface area contributed by atoms with Gasteiger partial charge in [0.1, 0.15) is 5.73 Å². The Morgan fingerprint density at radius 1 is 0.576 bits per heavy atom. The maximum atomic E-state index is 7.08. The van der Waals surface area contributed by atoms with Crippen molar-refractivity contribution < 1.29 is 35.4 Å². The molecule has 196 valence electrons. The van der Waals surface area contributed by atoms with Crippen LogP contribution in [0.25, 0.3) is 0 Å². The molecule has 2 aliphatic rings. The highest BCUT2D eigenvalue weighted by Crippen LogP contribution is 2.40. The maximum Gasteiger partial charge on any atom is 0.538 e. The molecule has 8 nitrogen and oxygen atoms in total. The summed E-state index contributed by atoms with van der Waals surface area (Å²) in [6.45, 7) is 0. The van der Waals surface area contributed by atoms with Crippen molar-refractivity contribution in [3.63, 3.8) is 0 Å². The Kier molecular flexibility index (Phi) is 13.2. The van der Waals surface area contributed by atoms with Crippen LogP contribution in [0.3, 0.4) is 0 Å². The topological polar surface area (TPSA) is 73.8 Å². The monoisotopic (exact) mass is 524 g/mol. The molecule has 2 rings (SSSR count). The summed E-state index contributed by atoms with van der Waals surface area (Å²) >= 11 is 0. The van der Waals surface area contributed by atoms with Gasteiger partial charge >= 0.3 is 25.2 Å². The van der Waals surface area contributed by atoms with E-state index in [9.17, 15) is 0 Å². The van der Waals surface area contributed by atoms with Crippen molar-refractivity contribution in [1.29, 1.82) is 0 Å². The molecule has 2 fully saturated rings. The minimum absolute atomic E-state index is 0.117. The Morgan fingerprint density at radius 3 is 1.45 bits per heavy atom. The molecular formula is C22H48O8Si3. The highest BCUT2D eigenvalue weighted by Gasteiger charge is 2.71. The molecule has 0 aromatic rings. The first-order valence-electron chi connectivity index (χ1n) is 12.7. The Bertz CT molecular complexity index is 507. The first-order valence-corrected chi connectivity index (χ1v) is 19.2. The zero-order chi connectivity index (χ0) is 24.2.